The largest absolute Gasteiger partial charge is 0.379 e. The number of carbonyl (C=O) groups is 1. The van der Waals surface area contributed by atoms with E-state index in [-0.39, 0.29) is 10.8 Å². The van der Waals surface area contributed by atoms with Gasteiger partial charge in [-0.05, 0) is 65.7 Å². The zero-order chi connectivity index (χ0) is 19.7. The average Bonchev–Trinajstić information content (AvgIpc) is 2.73. The van der Waals surface area contributed by atoms with E-state index < -0.39 is 10.0 Å². The van der Waals surface area contributed by atoms with Crippen molar-refractivity contribution in [3.05, 3.63) is 28.2 Å². The van der Waals surface area contributed by atoms with E-state index in [9.17, 15) is 13.2 Å². The molecule has 2 unspecified atom stereocenters. The smallest absolute Gasteiger partial charge is 0.254 e. The molecule has 1 aromatic carbocycles. The molecule has 0 aromatic heterocycles. The van der Waals surface area contributed by atoms with Crippen LogP contribution < -0.4 is 0 Å². The number of nitrogens with zero attached hydrogens (tertiary/aromatic N) is 2. The van der Waals surface area contributed by atoms with Crippen molar-refractivity contribution in [1.29, 1.82) is 0 Å². The fraction of sp³-hybridized carbons (Fsp3) is 0.650. The number of amides is 1. The quantitative estimate of drug-likeness (QED) is 0.679. The lowest BCUT2D eigenvalue weighted by molar-refractivity contribution is 0.0390. The van der Waals surface area contributed by atoms with Crippen LogP contribution in [0.25, 0.3) is 0 Å². The Hall–Kier alpha value is -0.960. The predicted molar refractivity (Wildman–Crippen MR) is 110 cm³/mol. The Morgan fingerprint density at radius 1 is 1.04 bits per heavy atom. The van der Waals surface area contributed by atoms with E-state index >= 15 is 0 Å². The summed E-state index contributed by atoms with van der Waals surface area (Å²) < 4.78 is 33.4. The number of hydrogen-bond donors (Lipinski definition) is 0. The summed E-state index contributed by atoms with van der Waals surface area (Å²) in [5, 5.41) is 0. The summed E-state index contributed by atoms with van der Waals surface area (Å²) >= 11 is 3.37. The van der Waals surface area contributed by atoms with Gasteiger partial charge in [0.2, 0.25) is 10.0 Å². The highest BCUT2D eigenvalue weighted by atomic mass is 79.9. The van der Waals surface area contributed by atoms with Crippen molar-refractivity contribution in [2.45, 2.75) is 49.5 Å². The maximum atomic E-state index is 13.3. The average molecular weight is 471 g/mol. The van der Waals surface area contributed by atoms with Crippen LogP contribution in [0.15, 0.2) is 27.6 Å². The topological polar surface area (TPSA) is 66.9 Å². The number of carbonyl (C=O) groups excluding carboxylic acids is 1. The Bertz CT molecular complexity index is 837. The van der Waals surface area contributed by atoms with Crippen LogP contribution in [0.1, 0.15) is 48.9 Å². The van der Waals surface area contributed by atoms with Crippen molar-refractivity contribution in [3.8, 4) is 0 Å². The number of halogens is 1. The Morgan fingerprint density at radius 2 is 1.75 bits per heavy atom. The normalized spacial score (nSPS) is 26.7. The molecule has 0 spiro atoms. The number of benzene rings is 1. The minimum absolute atomic E-state index is 0.0393. The first-order valence-corrected chi connectivity index (χ1v) is 12.4. The van der Waals surface area contributed by atoms with Crippen molar-refractivity contribution < 1.29 is 17.9 Å². The molecule has 2 aliphatic heterocycles. The van der Waals surface area contributed by atoms with Crippen LogP contribution in [-0.2, 0) is 14.8 Å². The molecule has 2 atom stereocenters. The molecule has 28 heavy (non-hydrogen) atoms. The minimum Gasteiger partial charge on any atom is -0.379 e. The summed E-state index contributed by atoms with van der Waals surface area (Å²) in [4.78, 5) is 15.5. The molecule has 0 N–H and O–H groups in total. The molecule has 2 saturated heterocycles. The van der Waals surface area contributed by atoms with E-state index in [1.807, 2.05) is 4.90 Å². The van der Waals surface area contributed by atoms with Crippen LogP contribution in [0.5, 0.6) is 0 Å². The van der Waals surface area contributed by atoms with Crippen LogP contribution in [0.2, 0.25) is 0 Å². The van der Waals surface area contributed by atoms with Crippen molar-refractivity contribution in [3.63, 3.8) is 0 Å². The van der Waals surface area contributed by atoms with Gasteiger partial charge in [0, 0.05) is 35.7 Å². The number of hydrogen-bond acceptors (Lipinski definition) is 4. The number of morpholine rings is 1. The monoisotopic (exact) mass is 470 g/mol. The van der Waals surface area contributed by atoms with Crippen LogP contribution >= 0.6 is 15.9 Å². The predicted octanol–water partition coefficient (Wildman–Crippen LogP) is 3.26. The highest BCUT2D eigenvalue weighted by Gasteiger charge is 2.36. The number of sulfonamides is 1. The molecule has 8 heteroatoms. The van der Waals surface area contributed by atoms with Crippen LogP contribution in [0.4, 0.5) is 0 Å². The van der Waals surface area contributed by atoms with E-state index in [1.165, 1.54) is 30.0 Å². The lowest BCUT2D eigenvalue weighted by atomic mass is 9.78. The lowest BCUT2D eigenvalue weighted by Gasteiger charge is -2.44. The first-order valence-electron chi connectivity index (χ1n) is 10.2. The van der Waals surface area contributed by atoms with Gasteiger partial charge >= 0.3 is 0 Å². The van der Waals surface area contributed by atoms with Gasteiger partial charge in [-0.15, -0.1) is 0 Å². The van der Waals surface area contributed by atoms with E-state index in [0.717, 1.165) is 19.4 Å². The molecule has 0 bridgehead atoms. The molecule has 1 aromatic rings. The molecule has 2 heterocycles. The highest BCUT2D eigenvalue weighted by molar-refractivity contribution is 9.10. The van der Waals surface area contributed by atoms with Crippen molar-refractivity contribution in [2.75, 3.05) is 32.8 Å². The Kier molecular flexibility index (Phi) is 6.11. The van der Waals surface area contributed by atoms with Crippen LogP contribution in [-0.4, -0.2) is 62.4 Å². The molecule has 1 amide bonds. The van der Waals surface area contributed by atoms with Crippen LogP contribution in [0, 0.1) is 5.92 Å². The van der Waals surface area contributed by atoms with Gasteiger partial charge in [0.25, 0.3) is 5.91 Å². The van der Waals surface area contributed by atoms with E-state index in [4.69, 9.17) is 4.74 Å². The lowest BCUT2D eigenvalue weighted by Crippen LogP contribution is -2.49. The Morgan fingerprint density at radius 3 is 2.54 bits per heavy atom. The zero-order valence-corrected chi connectivity index (χ0v) is 18.4. The van der Waals surface area contributed by atoms with E-state index in [2.05, 4.69) is 15.9 Å². The molecule has 0 radical (unpaired) electrons. The highest BCUT2D eigenvalue weighted by Crippen LogP contribution is 2.36. The third kappa shape index (κ3) is 3.88. The van der Waals surface area contributed by atoms with Gasteiger partial charge in [0.05, 0.1) is 18.1 Å². The number of ether oxygens (including phenoxy) is 1. The zero-order valence-electron chi connectivity index (χ0n) is 16.0. The molecule has 1 saturated carbocycles. The van der Waals surface area contributed by atoms with Crippen molar-refractivity contribution in [1.82, 2.24) is 9.21 Å². The summed E-state index contributed by atoms with van der Waals surface area (Å²) in [5.41, 5.74) is 0.459. The standard InChI is InChI=1S/C20H27BrN2O4S/c21-17-8-7-16(14-19(17)28(25,26)22-10-12-27-13-11-22)20(24)23-9-3-5-15-4-1-2-6-18(15)23/h7-8,14-15,18H,1-6,9-13H2. The van der Waals surface area contributed by atoms with Gasteiger partial charge in [0.15, 0.2) is 0 Å². The van der Waals surface area contributed by atoms with Gasteiger partial charge in [0.1, 0.15) is 0 Å². The van der Waals surface area contributed by atoms with Gasteiger partial charge in [-0.2, -0.15) is 4.31 Å². The second kappa shape index (κ2) is 8.42. The van der Waals surface area contributed by atoms with Crippen LogP contribution in [0.3, 0.4) is 0 Å². The minimum atomic E-state index is -3.67. The van der Waals surface area contributed by atoms with Gasteiger partial charge in [-0.3, -0.25) is 4.79 Å². The van der Waals surface area contributed by atoms with E-state index in [1.54, 1.807) is 18.2 Å². The first kappa shape index (κ1) is 20.3. The second-order valence-corrected chi connectivity index (χ2v) is 10.7. The SMILES string of the molecule is O=C(c1ccc(Br)c(S(=O)(=O)N2CCOCC2)c1)N1CCCC2CCCCC21. The molecular weight excluding hydrogens is 444 g/mol. The Labute approximate surface area is 175 Å². The van der Waals surface area contributed by atoms with Gasteiger partial charge in [-0.25, -0.2) is 8.42 Å². The third-order valence-corrected chi connectivity index (χ3v) is 9.16. The van der Waals surface area contributed by atoms with Crippen molar-refractivity contribution >= 4 is 31.9 Å². The number of rotatable bonds is 3. The molecule has 3 aliphatic rings. The fourth-order valence-electron chi connectivity index (χ4n) is 4.80. The number of likely N-dealkylation sites (tertiary alicyclic amines) is 1. The van der Waals surface area contributed by atoms with Gasteiger partial charge in [-0.1, -0.05) is 12.8 Å². The number of fused-ring (bicyclic) bond motifs is 1. The summed E-state index contributed by atoms with van der Waals surface area (Å²) in [5.74, 6) is 0.556. The van der Waals surface area contributed by atoms with Gasteiger partial charge < -0.3 is 9.64 Å². The summed E-state index contributed by atoms with van der Waals surface area (Å²) in [6.45, 7) is 2.23. The summed E-state index contributed by atoms with van der Waals surface area (Å²) in [6.07, 6.45) is 6.91. The summed E-state index contributed by atoms with van der Waals surface area (Å²) in [7, 11) is -3.67. The maximum Gasteiger partial charge on any atom is 0.254 e. The van der Waals surface area contributed by atoms with Crippen molar-refractivity contribution in [2.24, 2.45) is 5.92 Å². The van der Waals surface area contributed by atoms with E-state index in [0.29, 0.717) is 48.3 Å². The molecule has 3 fully saturated rings. The molecule has 1 aliphatic carbocycles. The third-order valence-electron chi connectivity index (χ3n) is 6.27. The molecule has 6 nitrogen and oxygen atoms in total. The molecular formula is C20H27BrN2O4S. The second-order valence-electron chi connectivity index (χ2n) is 7.91. The first-order chi connectivity index (χ1) is 13.5. The number of piperidine rings is 1. The molecule has 154 valence electrons. The molecule has 4 rings (SSSR count). The summed E-state index contributed by atoms with van der Waals surface area (Å²) in [6, 6.07) is 5.27. The fourth-order valence-corrected chi connectivity index (χ4v) is 7.16. The maximum absolute atomic E-state index is 13.3. The Balaban J connectivity index is 1.62.